The lowest BCUT2D eigenvalue weighted by molar-refractivity contribution is -0.0280. The van der Waals surface area contributed by atoms with Crippen molar-refractivity contribution in [3.8, 4) is 0 Å². The van der Waals surface area contributed by atoms with Crippen molar-refractivity contribution in [3.63, 3.8) is 0 Å². The van der Waals surface area contributed by atoms with Gasteiger partial charge in [-0.25, -0.2) is 0 Å². The first kappa shape index (κ1) is 55.1. The summed E-state index contributed by atoms with van der Waals surface area (Å²) >= 11 is 0. The topological polar surface area (TPSA) is 129 Å². The van der Waals surface area contributed by atoms with Crippen molar-refractivity contribution in [2.45, 2.75) is 84.4 Å². The minimum atomic E-state index is -2.31. The molecule has 55 heavy (non-hydrogen) atoms. The quantitative estimate of drug-likeness (QED) is 0.0559. The summed E-state index contributed by atoms with van der Waals surface area (Å²) < 4.78 is 79.5. The summed E-state index contributed by atoms with van der Waals surface area (Å²) in [5.41, 5.74) is 0. The molecule has 1 radical (unpaired) electrons. The van der Waals surface area contributed by atoms with E-state index < -0.39 is 25.9 Å². The molecule has 0 aromatic carbocycles. The van der Waals surface area contributed by atoms with Crippen LogP contribution in [-0.4, -0.2) is 185 Å². The van der Waals surface area contributed by atoms with Gasteiger partial charge in [0.15, 0.2) is 8.32 Å². The molecule has 0 bridgehead atoms. The lowest BCUT2D eigenvalue weighted by atomic mass is 10.3. The van der Waals surface area contributed by atoms with Gasteiger partial charge in [-0.3, -0.25) is 0 Å². The normalized spacial score (nSPS) is 13.7. The Morgan fingerprint density at radius 1 is 0.455 bits per heavy atom. The molecule has 1 unspecified atom stereocenters. The van der Waals surface area contributed by atoms with Crippen LogP contribution in [0.2, 0.25) is 43.3 Å². The maximum atomic E-state index is 6.93. The van der Waals surface area contributed by atoms with Crippen LogP contribution in [0, 0.1) is 5.92 Å². The SMILES string of the molecule is COCCOCCOCCOCCOCCOCCOCCOCCOCCOCCOCCOCCC[Si](C)(O[Si](C)C(C)(C)C)O[Si](C)(C)CC(C)C. The van der Waals surface area contributed by atoms with Gasteiger partial charge in [0.1, 0.15) is 0 Å². The second-order valence-corrected chi connectivity index (χ2v) is 26.3. The van der Waals surface area contributed by atoms with Gasteiger partial charge in [0.05, 0.1) is 145 Å². The third kappa shape index (κ3) is 39.3. The molecule has 0 amide bonds. The van der Waals surface area contributed by atoms with Crippen molar-refractivity contribution in [3.05, 3.63) is 0 Å². The van der Waals surface area contributed by atoms with E-state index in [0.29, 0.717) is 158 Å². The highest BCUT2D eigenvalue weighted by Crippen LogP contribution is 2.33. The molecule has 14 nitrogen and oxygen atoms in total. The van der Waals surface area contributed by atoms with E-state index in [4.69, 9.17) is 65.1 Å². The largest absolute Gasteiger partial charge is 0.436 e. The molecule has 0 saturated heterocycles. The van der Waals surface area contributed by atoms with Crippen molar-refractivity contribution in [1.82, 2.24) is 0 Å². The summed E-state index contributed by atoms with van der Waals surface area (Å²) in [7, 11) is -3.45. The predicted molar refractivity (Wildman–Crippen MR) is 223 cm³/mol. The van der Waals surface area contributed by atoms with E-state index in [0.717, 1.165) is 18.5 Å². The van der Waals surface area contributed by atoms with Crippen LogP contribution in [0.15, 0.2) is 0 Å². The van der Waals surface area contributed by atoms with Crippen LogP contribution < -0.4 is 0 Å². The minimum Gasteiger partial charge on any atom is -0.436 e. The summed E-state index contributed by atoms with van der Waals surface area (Å²) in [6, 6.07) is 2.10. The van der Waals surface area contributed by atoms with E-state index in [1.54, 1.807) is 7.11 Å². The van der Waals surface area contributed by atoms with Gasteiger partial charge in [-0.05, 0) is 55.7 Å². The van der Waals surface area contributed by atoms with Gasteiger partial charge < -0.3 is 65.1 Å². The summed E-state index contributed by atoms with van der Waals surface area (Å²) in [6.07, 6.45) is 0.938. The molecule has 0 spiro atoms. The number of ether oxygens (including phenoxy) is 12. The maximum absolute atomic E-state index is 6.93. The van der Waals surface area contributed by atoms with Gasteiger partial charge in [-0.15, -0.1) is 0 Å². The van der Waals surface area contributed by atoms with Crippen molar-refractivity contribution in [2.75, 3.05) is 159 Å². The average Bonchev–Trinajstić information content (AvgIpc) is 3.10. The van der Waals surface area contributed by atoms with Gasteiger partial charge in [0.25, 0.3) is 0 Å². The van der Waals surface area contributed by atoms with Crippen molar-refractivity contribution < 1.29 is 65.1 Å². The van der Waals surface area contributed by atoms with Crippen LogP contribution in [0.25, 0.3) is 0 Å². The smallest absolute Gasteiger partial charge is 0.314 e. The highest BCUT2D eigenvalue weighted by atomic mass is 28.5. The number of hydrogen-bond donors (Lipinski definition) is 0. The zero-order chi connectivity index (χ0) is 40.9. The van der Waals surface area contributed by atoms with E-state index in [2.05, 4.69) is 60.8 Å². The van der Waals surface area contributed by atoms with E-state index in [9.17, 15) is 0 Å². The molecule has 0 aromatic heterocycles. The Labute approximate surface area is 339 Å². The number of methoxy groups -OCH3 is 1. The van der Waals surface area contributed by atoms with Gasteiger partial charge in [-0.2, -0.15) is 0 Å². The highest BCUT2D eigenvalue weighted by molar-refractivity contribution is 6.85. The Kier molecular flexibility index (Phi) is 37.2. The molecule has 0 aliphatic rings. The van der Waals surface area contributed by atoms with Crippen molar-refractivity contribution in [2.24, 2.45) is 5.92 Å². The molecule has 0 N–H and O–H groups in total. The summed E-state index contributed by atoms with van der Waals surface area (Å²) in [5.74, 6) is 0.633. The minimum absolute atomic E-state index is 0.175. The Bertz CT molecular complexity index is 813. The second-order valence-electron chi connectivity index (χ2n) is 15.3. The Hall–Kier alpha value is 0.0906. The third-order valence-electron chi connectivity index (χ3n) is 7.89. The predicted octanol–water partition coefficient (Wildman–Crippen LogP) is 5.59. The molecular formula is C38H83O14Si3. The average molecular weight is 848 g/mol. The number of rotatable bonds is 43. The lowest BCUT2D eigenvalue weighted by Gasteiger charge is -2.40. The molecule has 0 fully saturated rings. The Balaban J connectivity index is 3.49. The molecule has 0 saturated carbocycles. The Morgan fingerprint density at radius 3 is 0.982 bits per heavy atom. The highest BCUT2D eigenvalue weighted by Gasteiger charge is 2.42. The molecule has 0 aliphatic heterocycles. The molecule has 0 aromatic rings. The van der Waals surface area contributed by atoms with E-state index in [1.807, 2.05) is 0 Å². The fraction of sp³-hybridized carbons (Fsp3) is 1.00. The first-order valence-corrected chi connectivity index (χ1v) is 27.9. The first-order chi connectivity index (χ1) is 26.3. The van der Waals surface area contributed by atoms with Crippen LogP contribution >= 0.6 is 0 Å². The van der Waals surface area contributed by atoms with Gasteiger partial charge >= 0.3 is 8.56 Å². The molecular weight excluding hydrogens is 765 g/mol. The molecule has 17 heteroatoms. The van der Waals surface area contributed by atoms with Crippen LogP contribution in [-0.2, 0) is 65.1 Å². The number of hydrogen-bond acceptors (Lipinski definition) is 14. The summed E-state index contributed by atoms with van der Waals surface area (Å²) in [4.78, 5) is 0. The molecule has 0 aliphatic carbocycles. The Morgan fingerprint density at radius 2 is 0.727 bits per heavy atom. The van der Waals surface area contributed by atoms with E-state index in [1.165, 1.54) is 0 Å². The summed E-state index contributed by atoms with van der Waals surface area (Å²) in [5, 5.41) is 0.175. The van der Waals surface area contributed by atoms with Crippen LogP contribution in [0.3, 0.4) is 0 Å². The van der Waals surface area contributed by atoms with E-state index in [-0.39, 0.29) is 5.04 Å². The van der Waals surface area contributed by atoms with Gasteiger partial charge in [0.2, 0.25) is 9.04 Å². The second kappa shape index (κ2) is 37.1. The fourth-order valence-electron chi connectivity index (χ4n) is 5.15. The zero-order valence-corrected chi connectivity index (χ0v) is 39.7. The standard InChI is InChI=1S/C38H83O14Si3/c1-37(2)36-54(8,9)52-55(10,51-53(7)38(3,4)5)35-11-12-40-15-16-42-19-20-44-23-24-46-27-28-48-31-32-50-34-33-49-30-29-47-26-25-45-22-21-43-18-17-41-14-13-39-6/h37H,11-36H2,1-10H3. The molecule has 331 valence electrons. The van der Waals surface area contributed by atoms with Crippen molar-refractivity contribution >= 4 is 25.9 Å². The molecule has 0 heterocycles. The van der Waals surface area contributed by atoms with Gasteiger partial charge in [0, 0.05) is 13.7 Å². The maximum Gasteiger partial charge on any atom is 0.314 e. The van der Waals surface area contributed by atoms with Crippen LogP contribution in [0.4, 0.5) is 0 Å². The zero-order valence-electron chi connectivity index (χ0n) is 36.7. The molecule has 1 atom stereocenters. The van der Waals surface area contributed by atoms with Crippen LogP contribution in [0.5, 0.6) is 0 Å². The van der Waals surface area contributed by atoms with Gasteiger partial charge in [-0.1, -0.05) is 34.6 Å². The third-order valence-corrected chi connectivity index (χ3v) is 20.0. The molecule has 0 rings (SSSR count). The monoisotopic (exact) mass is 848 g/mol. The lowest BCUT2D eigenvalue weighted by Crippen LogP contribution is -2.52. The van der Waals surface area contributed by atoms with Crippen LogP contribution in [0.1, 0.15) is 41.0 Å². The van der Waals surface area contributed by atoms with E-state index >= 15 is 0 Å². The van der Waals surface area contributed by atoms with Crippen molar-refractivity contribution in [1.29, 1.82) is 0 Å². The first-order valence-electron chi connectivity index (χ1n) is 20.4. The fourth-order valence-corrected chi connectivity index (χ4v) is 18.1. The summed E-state index contributed by atoms with van der Waals surface area (Å²) in [6.45, 7) is 33.0.